The smallest absolute Gasteiger partial charge is 0.0858 e. The van der Waals surface area contributed by atoms with E-state index < -0.39 is 6.10 Å². The Bertz CT molecular complexity index is 518. The molecule has 0 bridgehead atoms. The highest BCUT2D eigenvalue weighted by molar-refractivity contribution is 5.25. The van der Waals surface area contributed by atoms with Gasteiger partial charge in [-0.05, 0) is 61.2 Å². The summed E-state index contributed by atoms with van der Waals surface area (Å²) in [6.07, 6.45) is 6.54. The number of hydrogen-bond donors (Lipinski definition) is 4. The molecule has 0 aromatic heterocycles. The van der Waals surface area contributed by atoms with Crippen LogP contribution in [0.3, 0.4) is 0 Å². The quantitative estimate of drug-likeness (QED) is 0.595. The lowest BCUT2D eigenvalue weighted by Gasteiger charge is -2.61. The maximum absolute atomic E-state index is 10.5. The summed E-state index contributed by atoms with van der Waals surface area (Å²) in [7, 11) is 0. The highest BCUT2D eigenvalue weighted by Crippen LogP contribution is 2.63. The molecule has 2 fully saturated rings. The first-order chi connectivity index (χ1) is 11.2. The summed E-state index contributed by atoms with van der Waals surface area (Å²) in [4.78, 5) is 0. The molecule has 0 saturated heterocycles. The Balaban J connectivity index is 1.95. The van der Waals surface area contributed by atoms with E-state index in [2.05, 4.69) is 19.9 Å². The van der Waals surface area contributed by atoms with Crippen molar-refractivity contribution in [3.8, 4) is 0 Å². The maximum atomic E-state index is 10.5. The zero-order valence-corrected chi connectivity index (χ0v) is 15.3. The molecule has 0 aromatic rings. The highest BCUT2D eigenvalue weighted by Gasteiger charge is 2.57. The number of fused-ring (bicyclic) bond motifs is 3. The van der Waals surface area contributed by atoms with E-state index in [4.69, 9.17) is 0 Å². The zero-order valence-electron chi connectivity index (χ0n) is 15.3. The monoisotopic (exact) mass is 338 g/mol. The molecule has 7 atom stereocenters. The van der Waals surface area contributed by atoms with E-state index in [1.54, 1.807) is 0 Å². The van der Waals surface area contributed by atoms with Crippen LogP contribution < -0.4 is 0 Å². The van der Waals surface area contributed by atoms with E-state index in [1.807, 2.05) is 6.92 Å². The van der Waals surface area contributed by atoms with Gasteiger partial charge >= 0.3 is 0 Å². The highest BCUT2D eigenvalue weighted by atomic mass is 16.3. The molecule has 0 spiro atoms. The lowest BCUT2D eigenvalue weighted by molar-refractivity contribution is -0.134. The van der Waals surface area contributed by atoms with Crippen molar-refractivity contribution in [2.75, 3.05) is 13.2 Å². The lowest BCUT2D eigenvalue weighted by atomic mass is 9.44. The van der Waals surface area contributed by atoms with Crippen LogP contribution in [0.1, 0.15) is 59.3 Å². The third-order valence-corrected chi connectivity index (χ3v) is 7.76. The number of hydrogen-bond acceptors (Lipinski definition) is 4. The Kier molecular flexibility index (Phi) is 4.66. The fourth-order valence-corrected chi connectivity index (χ4v) is 6.46. The van der Waals surface area contributed by atoms with E-state index in [0.717, 1.165) is 32.1 Å². The predicted octanol–water partition coefficient (Wildman–Crippen LogP) is 2.25. The fraction of sp³-hybridized carbons (Fsp3) is 0.900. The van der Waals surface area contributed by atoms with E-state index in [-0.39, 0.29) is 35.6 Å². The van der Waals surface area contributed by atoms with Crippen molar-refractivity contribution in [1.29, 1.82) is 0 Å². The van der Waals surface area contributed by atoms with Gasteiger partial charge in [-0.15, -0.1) is 0 Å². The van der Waals surface area contributed by atoms with Gasteiger partial charge in [0.05, 0.1) is 18.8 Å². The van der Waals surface area contributed by atoms with Crippen molar-refractivity contribution >= 4 is 0 Å². The van der Waals surface area contributed by atoms with Crippen LogP contribution in [0.4, 0.5) is 0 Å². The summed E-state index contributed by atoms with van der Waals surface area (Å²) in [5.41, 5.74) is 0.843. The van der Waals surface area contributed by atoms with Gasteiger partial charge in [0.2, 0.25) is 0 Å². The Morgan fingerprint density at radius 2 is 1.88 bits per heavy atom. The summed E-state index contributed by atoms with van der Waals surface area (Å²) in [6, 6.07) is 0. The molecule has 0 heterocycles. The average molecular weight is 338 g/mol. The maximum Gasteiger partial charge on any atom is 0.0858 e. The lowest BCUT2D eigenvalue weighted by Crippen LogP contribution is -2.56. The molecule has 3 aliphatic rings. The van der Waals surface area contributed by atoms with Gasteiger partial charge < -0.3 is 20.4 Å². The van der Waals surface area contributed by atoms with Crippen LogP contribution in [-0.2, 0) is 0 Å². The minimum Gasteiger partial charge on any atom is -0.396 e. The minimum absolute atomic E-state index is 0.00469. The first kappa shape index (κ1) is 18.4. The molecule has 0 unspecified atom stereocenters. The Hall–Kier alpha value is -0.420. The largest absolute Gasteiger partial charge is 0.396 e. The number of allylic oxidation sites excluding steroid dienone is 1. The molecule has 3 aliphatic carbocycles. The predicted molar refractivity (Wildman–Crippen MR) is 93.3 cm³/mol. The van der Waals surface area contributed by atoms with Gasteiger partial charge in [0.1, 0.15) is 0 Å². The van der Waals surface area contributed by atoms with Crippen LogP contribution >= 0.6 is 0 Å². The Morgan fingerprint density at radius 3 is 2.50 bits per heavy atom. The van der Waals surface area contributed by atoms with Gasteiger partial charge in [-0.1, -0.05) is 32.4 Å². The summed E-state index contributed by atoms with van der Waals surface area (Å²) in [5, 5.41) is 40.1. The topological polar surface area (TPSA) is 80.9 Å². The van der Waals surface area contributed by atoms with Crippen LogP contribution in [-0.4, -0.2) is 45.8 Å². The first-order valence-electron chi connectivity index (χ1n) is 9.48. The minimum atomic E-state index is -0.712. The van der Waals surface area contributed by atoms with E-state index in [1.165, 1.54) is 5.57 Å². The second-order valence-corrected chi connectivity index (χ2v) is 9.49. The van der Waals surface area contributed by atoms with Crippen molar-refractivity contribution in [3.05, 3.63) is 11.6 Å². The second kappa shape index (κ2) is 6.08. The van der Waals surface area contributed by atoms with E-state index in [0.29, 0.717) is 18.3 Å². The summed E-state index contributed by atoms with van der Waals surface area (Å²) >= 11 is 0. The third-order valence-electron chi connectivity index (χ3n) is 7.76. The zero-order chi connectivity index (χ0) is 17.8. The van der Waals surface area contributed by atoms with Gasteiger partial charge in [-0.25, -0.2) is 0 Å². The van der Waals surface area contributed by atoms with Crippen LogP contribution in [0.25, 0.3) is 0 Å². The van der Waals surface area contributed by atoms with Crippen molar-refractivity contribution in [3.63, 3.8) is 0 Å². The molecule has 4 N–H and O–H groups in total. The molecule has 138 valence electrons. The van der Waals surface area contributed by atoms with Gasteiger partial charge in [0.25, 0.3) is 0 Å². The number of rotatable bonds is 3. The molecular weight excluding hydrogens is 304 g/mol. The molecule has 3 rings (SSSR count). The van der Waals surface area contributed by atoms with Crippen molar-refractivity contribution in [1.82, 2.24) is 0 Å². The second-order valence-electron chi connectivity index (χ2n) is 9.49. The molecule has 4 nitrogen and oxygen atoms in total. The van der Waals surface area contributed by atoms with Crippen molar-refractivity contribution in [2.24, 2.45) is 28.1 Å². The average Bonchev–Trinajstić information content (AvgIpc) is 2.52. The molecule has 2 saturated carbocycles. The van der Waals surface area contributed by atoms with Gasteiger partial charge in [-0.2, -0.15) is 0 Å². The molecule has 0 aliphatic heterocycles. The molecule has 4 heteroatoms. The molecule has 0 aromatic carbocycles. The van der Waals surface area contributed by atoms with Gasteiger partial charge in [0.15, 0.2) is 0 Å². The molecule has 24 heavy (non-hydrogen) atoms. The standard InChI is InChI=1S/C20H34O4/c1-18(17(24)11-21)7-6-15-13(8-18)4-5-16-19(2,12-22)9-14(23)10-20(15,16)3/h8,14-17,21-24H,4-7,9-12H2,1-3H3/t14-,15-,16-,17+,18+,19+,20+/m0/s1. The van der Waals surface area contributed by atoms with Crippen LogP contribution in [0.5, 0.6) is 0 Å². The van der Waals surface area contributed by atoms with Gasteiger partial charge in [-0.3, -0.25) is 0 Å². The summed E-state index contributed by atoms with van der Waals surface area (Å²) < 4.78 is 0. The third kappa shape index (κ3) is 2.66. The van der Waals surface area contributed by atoms with Gasteiger partial charge in [0, 0.05) is 12.0 Å². The first-order valence-corrected chi connectivity index (χ1v) is 9.48. The van der Waals surface area contributed by atoms with Crippen LogP contribution in [0.15, 0.2) is 11.6 Å². The van der Waals surface area contributed by atoms with Crippen LogP contribution in [0, 0.1) is 28.1 Å². The summed E-state index contributed by atoms with van der Waals surface area (Å²) in [6.45, 7) is 6.41. The normalized spacial score (nSPS) is 49.8. The van der Waals surface area contributed by atoms with E-state index in [9.17, 15) is 20.4 Å². The summed E-state index contributed by atoms with van der Waals surface area (Å²) in [5.74, 6) is 0.837. The van der Waals surface area contributed by atoms with Crippen LogP contribution in [0.2, 0.25) is 0 Å². The fourth-order valence-electron chi connectivity index (χ4n) is 6.46. The molecular formula is C20H34O4. The molecule has 0 amide bonds. The number of aliphatic hydroxyl groups is 4. The number of aliphatic hydroxyl groups excluding tert-OH is 4. The molecule has 0 radical (unpaired) electrons. The van der Waals surface area contributed by atoms with Crippen molar-refractivity contribution in [2.45, 2.75) is 71.5 Å². The SMILES string of the molecule is C[C@]1(CO)C[C@H](O)C[C@]2(C)[C@H]3CC[C@@](C)([C@H](O)CO)C=C3CC[C@@H]12. The Labute approximate surface area is 145 Å². The Morgan fingerprint density at radius 1 is 1.17 bits per heavy atom. The van der Waals surface area contributed by atoms with E-state index >= 15 is 0 Å². The van der Waals surface area contributed by atoms with Crippen molar-refractivity contribution < 1.29 is 20.4 Å².